The van der Waals surface area contributed by atoms with Crippen molar-refractivity contribution in [1.29, 1.82) is 0 Å². The molecule has 0 atom stereocenters. The number of rotatable bonds is 3. The number of nitrogens with zero attached hydrogens (tertiary/aromatic N) is 2. The van der Waals surface area contributed by atoms with Gasteiger partial charge in [0, 0.05) is 11.6 Å². The molecule has 0 aliphatic heterocycles. The maximum absolute atomic E-state index is 12.0. The van der Waals surface area contributed by atoms with E-state index in [1.807, 2.05) is 31.4 Å². The molecule has 0 unspecified atom stereocenters. The van der Waals surface area contributed by atoms with Crippen LogP contribution in [0.5, 0.6) is 0 Å². The first-order valence-corrected chi connectivity index (χ1v) is 6.16. The molecule has 17 heavy (non-hydrogen) atoms. The molecule has 2 heterocycles. The van der Waals surface area contributed by atoms with Gasteiger partial charge in [-0.2, -0.15) is 5.10 Å². The van der Waals surface area contributed by atoms with Crippen molar-refractivity contribution in [3.63, 3.8) is 0 Å². The lowest BCUT2D eigenvalue weighted by molar-refractivity contribution is 0.763. The summed E-state index contributed by atoms with van der Waals surface area (Å²) in [5.41, 5.74) is 3.60. The molecule has 0 aliphatic carbocycles. The van der Waals surface area contributed by atoms with E-state index in [0.29, 0.717) is 0 Å². The van der Waals surface area contributed by atoms with Crippen LogP contribution in [0.3, 0.4) is 0 Å². The molecular formula is C13H19N3O. The first kappa shape index (κ1) is 11.9. The summed E-state index contributed by atoms with van der Waals surface area (Å²) in [6, 6.07) is 1.96. The number of fused-ring (bicyclic) bond motifs is 1. The van der Waals surface area contributed by atoms with Gasteiger partial charge in [-0.05, 0) is 19.3 Å². The standard InChI is InChI=1S/C13H19N3O/c1-5-6-10-7-11-14-13(17)12(8(2)3)9(4)16(11)15-10/h7-8H,5-6H2,1-4H3,(H,14,17). The Bertz CT molecular complexity index is 592. The average molecular weight is 233 g/mol. The van der Waals surface area contributed by atoms with E-state index in [4.69, 9.17) is 0 Å². The molecule has 0 spiro atoms. The van der Waals surface area contributed by atoms with Gasteiger partial charge in [-0.3, -0.25) is 4.79 Å². The van der Waals surface area contributed by atoms with E-state index in [9.17, 15) is 4.79 Å². The SMILES string of the molecule is CCCc1cc2[nH]c(=O)c(C(C)C)c(C)n2n1. The minimum atomic E-state index is 0.00736. The molecule has 0 aliphatic rings. The van der Waals surface area contributed by atoms with E-state index in [1.54, 1.807) is 0 Å². The summed E-state index contributed by atoms with van der Waals surface area (Å²) in [7, 11) is 0. The maximum Gasteiger partial charge on any atom is 0.254 e. The Hall–Kier alpha value is -1.58. The van der Waals surface area contributed by atoms with Gasteiger partial charge in [0.2, 0.25) is 0 Å². The number of hydrogen-bond acceptors (Lipinski definition) is 2. The predicted molar refractivity (Wildman–Crippen MR) is 68.6 cm³/mol. The fourth-order valence-corrected chi connectivity index (χ4v) is 2.30. The second kappa shape index (κ2) is 4.35. The van der Waals surface area contributed by atoms with Crippen molar-refractivity contribution in [1.82, 2.24) is 14.6 Å². The summed E-state index contributed by atoms with van der Waals surface area (Å²) in [5.74, 6) is 0.210. The van der Waals surface area contributed by atoms with Gasteiger partial charge in [0.1, 0.15) is 5.65 Å². The molecule has 0 amide bonds. The number of aryl methyl sites for hydroxylation is 2. The average Bonchev–Trinajstić information content (AvgIpc) is 2.60. The van der Waals surface area contributed by atoms with Crippen LogP contribution in [0.15, 0.2) is 10.9 Å². The van der Waals surface area contributed by atoms with Crippen LogP contribution in [0.25, 0.3) is 5.65 Å². The summed E-state index contributed by atoms with van der Waals surface area (Å²) in [4.78, 5) is 14.9. The lowest BCUT2D eigenvalue weighted by Gasteiger charge is -2.09. The van der Waals surface area contributed by atoms with Gasteiger partial charge in [-0.15, -0.1) is 0 Å². The van der Waals surface area contributed by atoms with Crippen molar-refractivity contribution < 1.29 is 0 Å². The fraction of sp³-hybridized carbons (Fsp3) is 0.538. The molecular weight excluding hydrogens is 214 g/mol. The Balaban J connectivity index is 2.69. The minimum Gasteiger partial charge on any atom is -0.307 e. The van der Waals surface area contributed by atoms with Gasteiger partial charge in [0.25, 0.3) is 5.56 Å². The molecule has 2 aromatic heterocycles. The van der Waals surface area contributed by atoms with Crippen molar-refractivity contribution in [3.8, 4) is 0 Å². The summed E-state index contributed by atoms with van der Waals surface area (Å²) in [6.07, 6.45) is 2.00. The van der Waals surface area contributed by atoms with Gasteiger partial charge in [0.15, 0.2) is 0 Å². The van der Waals surface area contributed by atoms with Crippen LogP contribution >= 0.6 is 0 Å². The number of hydrogen-bond donors (Lipinski definition) is 1. The van der Waals surface area contributed by atoms with Crippen LogP contribution in [0.1, 0.15) is 50.1 Å². The molecule has 0 aromatic carbocycles. The van der Waals surface area contributed by atoms with E-state index < -0.39 is 0 Å². The van der Waals surface area contributed by atoms with Crippen LogP contribution in [-0.4, -0.2) is 14.6 Å². The van der Waals surface area contributed by atoms with E-state index in [1.165, 1.54) is 0 Å². The topological polar surface area (TPSA) is 50.2 Å². The normalized spacial score (nSPS) is 11.6. The van der Waals surface area contributed by atoms with Crippen molar-refractivity contribution >= 4 is 5.65 Å². The predicted octanol–water partition coefficient (Wildman–Crippen LogP) is 2.41. The highest BCUT2D eigenvalue weighted by atomic mass is 16.1. The van der Waals surface area contributed by atoms with E-state index in [2.05, 4.69) is 17.0 Å². The number of nitrogens with one attached hydrogen (secondary N) is 1. The first-order chi connectivity index (χ1) is 8.04. The van der Waals surface area contributed by atoms with Crippen molar-refractivity contribution in [2.24, 2.45) is 0 Å². The van der Waals surface area contributed by atoms with E-state index in [-0.39, 0.29) is 11.5 Å². The Labute approximate surface area is 101 Å². The summed E-state index contributed by atoms with van der Waals surface area (Å²) >= 11 is 0. The van der Waals surface area contributed by atoms with Crippen LogP contribution in [0.4, 0.5) is 0 Å². The summed E-state index contributed by atoms with van der Waals surface area (Å²) in [6.45, 7) is 8.14. The third-order valence-electron chi connectivity index (χ3n) is 3.04. The molecule has 0 fully saturated rings. The lowest BCUT2D eigenvalue weighted by Crippen LogP contribution is -2.19. The molecule has 0 radical (unpaired) electrons. The van der Waals surface area contributed by atoms with Crippen LogP contribution in [0.2, 0.25) is 0 Å². The smallest absolute Gasteiger partial charge is 0.254 e. The molecule has 92 valence electrons. The molecule has 4 nitrogen and oxygen atoms in total. The van der Waals surface area contributed by atoms with Gasteiger partial charge in [0.05, 0.1) is 11.4 Å². The van der Waals surface area contributed by atoms with Crippen LogP contribution in [-0.2, 0) is 6.42 Å². The molecule has 0 bridgehead atoms. The third-order valence-corrected chi connectivity index (χ3v) is 3.04. The second-order valence-electron chi connectivity index (χ2n) is 4.79. The molecule has 4 heteroatoms. The molecule has 2 rings (SSSR count). The quantitative estimate of drug-likeness (QED) is 0.885. The van der Waals surface area contributed by atoms with Gasteiger partial charge in [-0.1, -0.05) is 27.2 Å². The highest BCUT2D eigenvalue weighted by Crippen LogP contribution is 2.16. The Morgan fingerprint density at radius 2 is 2.18 bits per heavy atom. The zero-order valence-electron chi connectivity index (χ0n) is 10.9. The number of H-pyrrole nitrogens is 1. The maximum atomic E-state index is 12.0. The molecule has 0 saturated heterocycles. The zero-order chi connectivity index (χ0) is 12.6. The Kier molecular flexibility index (Phi) is 3.05. The second-order valence-corrected chi connectivity index (χ2v) is 4.79. The van der Waals surface area contributed by atoms with Crippen molar-refractivity contribution in [3.05, 3.63) is 33.4 Å². The van der Waals surface area contributed by atoms with Gasteiger partial charge in [-0.25, -0.2) is 4.52 Å². The fourth-order valence-electron chi connectivity index (χ4n) is 2.30. The Morgan fingerprint density at radius 1 is 1.47 bits per heavy atom. The van der Waals surface area contributed by atoms with E-state index >= 15 is 0 Å². The van der Waals surface area contributed by atoms with Gasteiger partial charge >= 0.3 is 0 Å². The molecule has 0 saturated carbocycles. The zero-order valence-corrected chi connectivity index (χ0v) is 10.9. The van der Waals surface area contributed by atoms with Crippen LogP contribution < -0.4 is 5.56 Å². The third kappa shape index (κ3) is 1.99. The Morgan fingerprint density at radius 3 is 2.76 bits per heavy atom. The minimum absolute atomic E-state index is 0.00736. The highest BCUT2D eigenvalue weighted by molar-refractivity contribution is 5.42. The number of aromatic amines is 1. The first-order valence-electron chi connectivity index (χ1n) is 6.16. The molecule has 2 aromatic rings. The largest absolute Gasteiger partial charge is 0.307 e. The van der Waals surface area contributed by atoms with Gasteiger partial charge < -0.3 is 4.98 Å². The highest BCUT2D eigenvalue weighted by Gasteiger charge is 2.13. The monoisotopic (exact) mass is 233 g/mol. The molecule has 1 N–H and O–H groups in total. The van der Waals surface area contributed by atoms with Crippen molar-refractivity contribution in [2.75, 3.05) is 0 Å². The van der Waals surface area contributed by atoms with Crippen LogP contribution in [0, 0.1) is 6.92 Å². The lowest BCUT2D eigenvalue weighted by atomic mass is 10.0. The number of aromatic nitrogens is 3. The van der Waals surface area contributed by atoms with E-state index in [0.717, 1.165) is 35.4 Å². The van der Waals surface area contributed by atoms with Crippen molar-refractivity contribution in [2.45, 2.75) is 46.5 Å². The summed E-state index contributed by atoms with van der Waals surface area (Å²) < 4.78 is 1.85. The summed E-state index contributed by atoms with van der Waals surface area (Å²) in [5, 5.41) is 4.53.